The largest absolute Gasteiger partial charge is 0.378 e. The predicted octanol–water partition coefficient (Wildman–Crippen LogP) is 3.90. The number of carbonyl (C=O) groups excluding carboxylic acids is 1. The number of rotatable bonds is 5. The van der Waals surface area contributed by atoms with Crippen LogP contribution in [0, 0.1) is 9.39 Å². The Morgan fingerprint density at radius 2 is 1.91 bits per heavy atom. The van der Waals surface area contributed by atoms with Crippen LogP contribution in [0.2, 0.25) is 0 Å². The van der Waals surface area contributed by atoms with E-state index in [0.717, 1.165) is 22.5 Å². The first-order valence-electron chi connectivity index (χ1n) is 11.2. The molecule has 35 heavy (non-hydrogen) atoms. The maximum absolute atomic E-state index is 14.7. The molecule has 0 bridgehead atoms. The third kappa shape index (κ3) is 4.92. The summed E-state index contributed by atoms with van der Waals surface area (Å²) in [5.41, 5.74) is 1.48. The first-order valence-corrected chi connectivity index (χ1v) is 12.2. The number of ether oxygens (including phenoxy) is 1. The number of aromatic nitrogens is 2. The highest BCUT2D eigenvalue weighted by Crippen LogP contribution is 2.22. The molecule has 2 aromatic carbocycles. The average Bonchev–Trinajstić information content (AvgIpc) is 2.89. The summed E-state index contributed by atoms with van der Waals surface area (Å²) in [5.74, 6) is 0.0464. The summed E-state index contributed by atoms with van der Waals surface area (Å²) in [7, 11) is 0. The number of hydrogen-bond donors (Lipinski definition) is 1. The number of nitrogens with one attached hydrogen (secondary N) is 1. The van der Waals surface area contributed by atoms with E-state index in [0.29, 0.717) is 40.9 Å². The second kappa shape index (κ2) is 10.1. The fourth-order valence-corrected chi connectivity index (χ4v) is 4.58. The third-order valence-corrected chi connectivity index (χ3v) is 6.61. The maximum atomic E-state index is 14.7. The van der Waals surface area contributed by atoms with Gasteiger partial charge in [-0.15, -0.1) is 0 Å². The molecule has 0 saturated carbocycles. The molecule has 2 aromatic heterocycles. The summed E-state index contributed by atoms with van der Waals surface area (Å²) in [6.07, 6.45) is 3.12. The van der Waals surface area contributed by atoms with Gasteiger partial charge in [-0.3, -0.25) is 9.59 Å². The number of hydrogen-bond acceptors (Lipinski definition) is 5. The lowest BCUT2D eigenvalue weighted by molar-refractivity contribution is 0.0950. The zero-order chi connectivity index (χ0) is 24.4. The van der Waals surface area contributed by atoms with E-state index in [9.17, 15) is 14.0 Å². The number of amides is 1. The Kier molecular flexibility index (Phi) is 6.78. The molecule has 1 fully saturated rings. The molecule has 1 saturated heterocycles. The number of benzene rings is 2. The van der Waals surface area contributed by atoms with E-state index in [-0.39, 0.29) is 17.9 Å². The van der Waals surface area contributed by atoms with Crippen molar-refractivity contribution in [3.8, 4) is 5.69 Å². The summed E-state index contributed by atoms with van der Waals surface area (Å²) in [5, 5.41) is 3.26. The van der Waals surface area contributed by atoms with E-state index < -0.39 is 5.82 Å². The summed E-state index contributed by atoms with van der Waals surface area (Å²) >= 11 is 2.16. The summed E-state index contributed by atoms with van der Waals surface area (Å²) < 4.78 is 22.6. The number of fused-ring (bicyclic) bond motifs is 1. The highest BCUT2D eigenvalue weighted by molar-refractivity contribution is 14.1. The fraction of sp³-hybridized carbons (Fsp3) is 0.192. The van der Waals surface area contributed by atoms with E-state index in [2.05, 4.69) is 37.8 Å². The van der Waals surface area contributed by atoms with Crippen molar-refractivity contribution in [2.75, 3.05) is 31.2 Å². The highest BCUT2D eigenvalue weighted by atomic mass is 127. The standard InChI is InChI=1S/C26H22FIN4O3/c27-21-3-1-2-4-22(21)32-16-18(25(33)20-7-6-19(28)13-23(20)32)15-30-26(34)17-5-8-24(29-14-17)31-9-11-35-12-10-31/h1-8,13-14,16H,9-12,15H2,(H,30,34). The van der Waals surface area contributed by atoms with Crippen LogP contribution in [0.4, 0.5) is 10.2 Å². The first-order chi connectivity index (χ1) is 17.0. The van der Waals surface area contributed by atoms with Crippen LogP contribution in [0.25, 0.3) is 16.6 Å². The maximum Gasteiger partial charge on any atom is 0.253 e. The lowest BCUT2D eigenvalue weighted by Crippen LogP contribution is -2.36. The number of pyridine rings is 2. The normalized spacial score (nSPS) is 13.7. The molecule has 0 atom stereocenters. The minimum absolute atomic E-state index is 0.000733. The number of para-hydroxylation sites is 1. The van der Waals surface area contributed by atoms with Crippen LogP contribution < -0.4 is 15.6 Å². The van der Waals surface area contributed by atoms with Crippen LogP contribution in [-0.4, -0.2) is 41.8 Å². The second-order valence-corrected chi connectivity index (χ2v) is 9.40. The highest BCUT2D eigenvalue weighted by Gasteiger charge is 2.16. The number of anilines is 1. The van der Waals surface area contributed by atoms with Crippen molar-refractivity contribution in [3.05, 3.63) is 97.7 Å². The molecule has 5 rings (SSSR count). The zero-order valence-electron chi connectivity index (χ0n) is 18.7. The fourth-order valence-electron chi connectivity index (χ4n) is 4.10. The monoisotopic (exact) mass is 584 g/mol. The molecule has 0 aliphatic carbocycles. The van der Waals surface area contributed by atoms with E-state index in [1.165, 1.54) is 12.3 Å². The molecular formula is C26H22FIN4O3. The number of morpholine rings is 1. The Bertz CT molecular complexity index is 1450. The lowest BCUT2D eigenvalue weighted by atomic mass is 10.1. The van der Waals surface area contributed by atoms with E-state index in [1.54, 1.807) is 41.1 Å². The topological polar surface area (TPSA) is 76.5 Å². The smallest absolute Gasteiger partial charge is 0.253 e. The van der Waals surface area contributed by atoms with Gasteiger partial charge in [-0.1, -0.05) is 12.1 Å². The van der Waals surface area contributed by atoms with Crippen molar-refractivity contribution >= 4 is 45.2 Å². The van der Waals surface area contributed by atoms with Crippen LogP contribution in [0.15, 0.2) is 71.8 Å². The quantitative estimate of drug-likeness (QED) is 0.361. The molecule has 1 N–H and O–H groups in total. The van der Waals surface area contributed by atoms with Crippen molar-refractivity contribution < 1.29 is 13.9 Å². The lowest BCUT2D eigenvalue weighted by Gasteiger charge is -2.27. The Labute approximate surface area is 214 Å². The van der Waals surface area contributed by atoms with Gasteiger partial charge >= 0.3 is 0 Å². The number of carbonyl (C=O) groups is 1. The van der Waals surface area contributed by atoms with Crippen LogP contribution in [0.3, 0.4) is 0 Å². The molecule has 1 aliphatic heterocycles. The van der Waals surface area contributed by atoms with Crippen molar-refractivity contribution in [1.82, 2.24) is 14.9 Å². The van der Waals surface area contributed by atoms with Gasteiger partial charge in [-0.05, 0) is 65.1 Å². The van der Waals surface area contributed by atoms with Gasteiger partial charge in [0, 0.05) is 46.5 Å². The van der Waals surface area contributed by atoms with E-state index in [4.69, 9.17) is 4.74 Å². The number of nitrogens with zero attached hydrogens (tertiary/aromatic N) is 3. The predicted molar refractivity (Wildman–Crippen MR) is 141 cm³/mol. The molecule has 0 spiro atoms. The van der Waals surface area contributed by atoms with Crippen LogP contribution in [-0.2, 0) is 11.3 Å². The Hall–Kier alpha value is -3.31. The Morgan fingerprint density at radius 1 is 1.11 bits per heavy atom. The van der Waals surface area contributed by atoms with Crippen LogP contribution in [0.5, 0.6) is 0 Å². The van der Waals surface area contributed by atoms with Gasteiger partial charge in [-0.25, -0.2) is 9.37 Å². The molecular weight excluding hydrogens is 562 g/mol. The molecule has 1 amide bonds. The first kappa shape index (κ1) is 23.4. The van der Waals surface area contributed by atoms with Gasteiger partial charge in [0.2, 0.25) is 0 Å². The third-order valence-electron chi connectivity index (χ3n) is 5.94. The average molecular weight is 584 g/mol. The van der Waals surface area contributed by atoms with Crippen molar-refractivity contribution in [2.24, 2.45) is 0 Å². The van der Waals surface area contributed by atoms with Gasteiger partial charge in [0.05, 0.1) is 30.0 Å². The van der Waals surface area contributed by atoms with Crippen LogP contribution >= 0.6 is 22.6 Å². The minimum Gasteiger partial charge on any atom is -0.378 e. The molecule has 4 aromatic rings. The molecule has 1 aliphatic rings. The van der Waals surface area contributed by atoms with Gasteiger partial charge < -0.3 is 19.5 Å². The molecule has 178 valence electrons. The van der Waals surface area contributed by atoms with Gasteiger partial charge in [0.25, 0.3) is 5.91 Å². The van der Waals surface area contributed by atoms with Gasteiger partial charge in [0.1, 0.15) is 11.6 Å². The van der Waals surface area contributed by atoms with Crippen molar-refractivity contribution in [1.29, 1.82) is 0 Å². The summed E-state index contributed by atoms with van der Waals surface area (Å²) in [6.45, 7) is 2.82. The van der Waals surface area contributed by atoms with Gasteiger partial charge in [0.15, 0.2) is 5.43 Å². The van der Waals surface area contributed by atoms with Crippen molar-refractivity contribution in [2.45, 2.75) is 6.54 Å². The second-order valence-electron chi connectivity index (χ2n) is 8.15. The Morgan fingerprint density at radius 3 is 2.66 bits per heavy atom. The minimum atomic E-state index is -0.405. The summed E-state index contributed by atoms with van der Waals surface area (Å²) in [6, 6.07) is 15.3. The molecule has 0 unspecified atom stereocenters. The SMILES string of the molecule is O=C(NCc1cn(-c2ccccc2F)c2cc(I)ccc2c1=O)c1ccc(N2CCOCC2)nc1. The van der Waals surface area contributed by atoms with E-state index >= 15 is 0 Å². The molecule has 0 radical (unpaired) electrons. The van der Waals surface area contributed by atoms with Crippen molar-refractivity contribution in [3.63, 3.8) is 0 Å². The van der Waals surface area contributed by atoms with E-state index in [1.807, 2.05) is 18.2 Å². The number of halogens is 2. The molecule has 3 heterocycles. The van der Waals surface area contributed by atoms with Gasteiger partial charge in [-0.2, -0.15) is 0 Å². The molecule has 7 nitrogen and oxygen atoms in total. The summed E-state index contributed by atoms with van der Waals surface area (Å²) in [4.78, 5) is 32.5. The zero-order valence-corrected chi connectivity index (χ0v) is 20.9. The Balaban J connectivity index is 1.42. The molecule has 9 heteroatoms. The van der Waals surface area contributed by atoms with Crippen LogP contribution in [0.1, 0.15) is 15.9 Å².